The van der Waals surface area contributed by atoms with E-state index in [2.05, 4.69) is 13.8 Å². The standard InChI is InChI=1S/C36H30N2O6S/c1-4-43-35(42)30-31(23-9-6-5-7-10-23)37-36-38(32(30)24-15-13-22(14-16-24)21(2)3)33(39)29(45-36)20-27-17-18-28(44-27)25-11-8-12-26(19-25)34(40)41/h5-21,32H,4H2,1-3H3,(H,40,41). The van der Waals surface area contributed by atoms with Crippen LogP contribution in [0.1, 0.15) is 65.5 Å². The number of esters is 1. The van der Waals surface area contributed by atoms with E-state index >= 15 is 0 Å². The first-order chi connectivity index (χ1) is 21.7. The fourth-order valence-electron chi connectivity index (χ4n) is 5.34. The van der Waals surface area contributed by atoms with Gasteiger partial charge in [-0.15, -0.1) is 0 Å². The zero-order chi connectivity index (χ0) is 31.7. The molecule has 1 N–H and O–H groups in total. The summed E-state index contributed by atoms with van der Waals surface area (Å²) in [4.78, 5) is 44.6. The van der Waals surface area contributed by atoms with E-state index in [4.69, 9.17) is 14.1 Å². The van der Waals surface area contributed by atoms with Gasteiger partial charge in [-0.25, -0.2) is 14.6 Å². The number of hydrogen-bond acceptors (Lipinski definition) is 7. The van der Waals surface area contributed by atoms with Crippen LogP contribution in [0.2, 0.25) is 0 Å². The lowest BCUT2D eigenvalue weighted by Gasteiger charge is -2.26. The van der Waals surface area contributed by atoms with Gasteiger partial charge in [0, 0.05) is 17.2 Å². The Hall–Kier alpha value is -5.28. The molecule has 9 heteroatoms. The van der Waals surface area contributed by atoms with Crippen LogP contribution in [0.15, 0.2) is 111 Å². The van der Waals surface area contributed by atoms with Gasteiger partial charge in [-0.3, -0.25) is 9.36 Å². The van der Waals surface area contributed by atoms with Crippen molar-refractivity contribution in [1.29, 1.82) is 0 Å². The van der Waals surface area contributed by atoms with Crippen molar-refractivity contribution in [2.75, 3.05) is 6.61 Å². The molecule has 2 aromatic heterocycles. The van der Waals surface area contributed by atoms with Crippen LogP contribution < -0.4 is 14.9 Å². The number of carbonyl (C=O) groups is 2. The highest BCUT2D eigenvalue weighted by Crippen LogP contribution is 2.35. The number of fused-ring (bicyclic) bond motifs is 1. The topological polar surface area (TPSA) is 111 Å². The second-order valence-corrected chi connectivity index (χ2v) is 11.8. The molecule has 1 aliphatic heterocycles. The number of benzene rings is 3. The molecule has 1 unspecified atom stereocenters. The molecule has 0 saturated heterocycles. The van der Waals surface area contributed by atoms with Gasteiger partial charge >= 0.3 is 11.9 Å². The highest BCUT2D eigenvalue weighted by atomic mass is 32.1. The molecule has 0 radical (unpaired) electrons. The van der Waals surface area contributed by atoms with E-state index in [9.17, 15) is 19.5 Å². The summed E-state index contributed by atoms with van der Waals surface area (Å²) in [5.74, 6) is -0.370. The van der Waals surface area contributed by atoms with Gasteiger partial charge in [-0.1, -0.05) is 91.9 Å². The largest absolute Gasteiger partial charge is 0.478 e. The van der Waals surface area contributed by atoms with Crippen molar-refractivity contribution in [2.45, 2.75) is 32.7 Å². The second-order valence-electron chi connectivity index (χ2n) is 10.8. The number of aromatic nitrogens is 1. The summed E-state index contributed by atoms with van der Waals surface area (Å²) < 4.78 is 13.5. The number of carboxylic acid groups (broad SMARTS) is 1. The molecule has 1 aliphatic rings. The first-order valence-corrected chi connectivity index (χ1v) is 15.4. The highest BCUT2D eigenvalue weighted by molar-refractivity contribution is 7.07. The van der Waals surface area contributed by atoms with Gasteiger partial charge in [0.1, 0.15) is 11.5 Å². The van der Waals surface area contributed by atoms with E-state index in [0.29, 0.717) is 38.0 Å². The van der Waals surface area contributed by atoms with Gasteiger partial charge < -0.3 is 14.3 Å². The third-order valence-corrected chi connectivity index (χ3v) is 8.57. The maximum Gasteiger partial charge on any atom is 0.338 e. The summed E-state index contributed by atoms with van der Waals surface area (Å²) in [5, 5.41) is 9.37. The third-order valence-electron chi connectivity index (χ3n) is 7.59. The zero-order valence-electron chi connectivity index (χ0n) is 24.9. The third kappa shape index (κ3) is 5.82. The number of thiazole rings is 1. The molecule has 45 heavy (non-hydrogen) atoms. The number of aromatic carboxylic acids is 1. The van der Waals surface area contributed by atoms with Gasteiger partial charge in [0.25, 0.3) is 5.56 Å². The maximum atomic E-state index is 14.1. The Morgan fingerprint density at radius 1 is 1.00 bits per heavy atom. The van der Waals surface area contributed by atoms with Crippen LogP contribution >= 0.6 is 11.3 Å². The lowest BCUT2D eigenvalue weighted by atomic mass is 9.91. The molecule has 0 spiro atoms. The molecule has 0 saturated carbocycles. The number of hydrogen-bond donors (Lipinski definition) is 1. The summed E-state index contributed by atoms with van der Waals surface area (Å²) in [6.45, 7) is 6.14. The predicted octanol–water partition coefficient (Wildman–Crippen LogP) is 6.02. The molecule has 5 aromatic rings. The fraction of sp³-hybridized carbons (Fsp3) is 0.167. The molecule has 3 heterocycles. The molecule has 0 fully saturated rings. The van der Waals surface area contributed by atoms with Crippen molar-refractivity contribution < 1.29 is 23.8 Å². The Labute approximate surface area is 262 Å². The van der Waals surface area contributed by atoms with Crippen LogP contribution in [0.3, 0.4) is 0 Å². The zero-order valence-corrected chi connectivity index (χ0v) is 25.7. The normalized spacial score (nSPS) is 14.8. The molecular formula is C36H30N2O6S. The number of nitrogens with zero attached hydrogens (tertiary/aromatic N) is 2. The fourth-order valence-corrected chi connectivity index (χ4v) is 6.32. The minimum atomic E-state index is -1.03. The first-order valence-electron chi connectivity index (χ1n) is 14.6. The van der Waals surface area contributed by atoms with Crippen molar-refractivity contribution >= 4 is 35.0 Å². The Balaban J connectivity index is 1.54. The number of carboxylic acids is 1. The molecular weight excluding hydrogens is 588 g/mol. The van der Waals surface area contributed by atoms with E-state index < -0.39 is 18.0 Å². The Kier molecular flexibility index (Phi) is 8.19. The van der Waals surface area contributed by atoms with Gasteiger partial charge in [0.05, 0.1) is 34.0 Å². The molecule has 6 rings (SSSR count). The highest BCUT2D eigenvalue weighted by Gasteiger charge is 2.35. The monoisotopic (exact) mass is 618 g/mol. The Morgan fingerprint density at radius 2 is 1.73 bits per heavy atom. The smallest absolute Gasteiger partial charge is 0.338 e. The summed E-state index contributed by atoms with van der Waals surface area (Å²) in [7, 11) is 0. The predicted molar refractivity (Wildman–Crippen MR) is 173 cm³/mol. The van der Waals surface area contributed by atoms with Crippen molar-refractivity contribution in [3.05, 3.63) is 144 Å². The van der Waals surface area contributed by atoms with Crippen LogP contribution in [0.4, 0.5) is 0 Å². The molecule has 226 valence electrons. The van der Waals surface area contributed by atoms with Crippen LogP contribution in [-0.4, -0.2) is 28.2 Å². The second kappa shape index (κ2) is 12.4. The van der Waals surface area contributed by atoms with Gasteiger partial charge in [-0.2, -0.15) is 0 Å². The summed E-state index contributed by atoms with van der Waals surface area (Å²) >= 11 is 1.20. The Morgan fingerprint density at radius 3 is 2.42 bits per heavy atom. The number of rotatable bonds is 8. The van der Waals surface area contributed by atoms with E-state index in [-0.39, 0.29) is 23.3 Å². The van der Waals surface area contributed by atoms with Crippen molar-refractivity contribution in [3.63, 3.8) is 0 Å². The molecule has 8 nitrogen and oxygen atoms in total. The Bertz CT molecular complexity index is 2120. The maximum absolute atomic E-state index is 14.1. The summed E-state index contributed by atoms with van der Waals surface area (Å²) in [6.07, 6.45) is 1.64. The first kappa shape index (κ1) is 29.8. The lowest BCUT2D eigenvalue weighted by molar-refractivity contribution is -0.138. The average molecular weight is 619 g/mol. The average Bonchev–Trinajstić information content (AvgIpc) is 3.65. The SMILES string of the molecule is CCOC(=O)C1=C(c2ccccc2)N=c2sc(=Cc3ccc(-c4cccc(C(=O)O)c4)o3)c(=O)n2C1c1ccc(C(C)C)cc1. The van der Waals surface area contributed by atoms with E-state index in [0.717, 1.165) is 16.7 Å². The van der Waals surface area contributed by atoms with Crippen molar-refractivity contribution in [1.82, 2.24) is 4.57 Å². The van der Waals surface area contributed by atoms with Crippen molar-refractivity contribution in [3.8, 4) is 11.3 Å². The summed E-state index contributed by atoms with van der Waals surface area (Å²) in [5.41, 5.74) is 3.81. The van der Waals surface area contributed by atoms with Gasteiger partial charge in [0.2, 0.25) is 0 Å². The molecule has 1 atom stereocenters. The van der Waals surface area contributed by atoms with Crippen molar-refractivity contribution in [2.24, 2.45) is 4.99 Å². The number of ether oxygens (including phenoxy) is 1. The van der Waals surface area contributed by atoms with Gasteiger partial charge in [-0.05, 0) is 48.2 Å². The lowest BCUT2D eigenvalue weighted by Crippen LogP contribution is -2.40. The van der Waals surface area contributed by atoms with Crippen LogP contribution in [-0.2, 0) is 9.53 Å². The summed E-state index contributed by atoms with van der Waals surface area (Å²) in [6, 6.07) is 26.5. The quantitative estimate of drug-likeness (QED) is 0.213. The molecule has 3 aromatic carbocycles. The molecule has 0 bridgehead atoms. The number of carbonyl (C=O) groups excluding carboxylic acids is 1. The minimum absolute atomic E-state index is 0.145. The number of furan rings is 1. The minimum Gasteiger partial charge on any atom is -0.478 e. The van der Waals surface area contributed by atoms with E-state index in [1.807, 2.05) is 54.6 Å². The molecule has 0 amide bonds. The van der Waals surface area contributed by atoms with Gasteiger partial charge in [0.15, 0.2) is 4.80 Å². The molecule has 0 aliphatic carbocycles. The van der Waals surface area contributed by atoms with Crippen LogP contribution in [0, 0.1) is 0 Å². The van der Waals surface area contributed by atoms with E-state index in [1.54, 1.807) is 41.8 Å². The van der Waals surface area contributed by atoms with Crippen LogP contribution in [0.25, 0.3) is 23.1 Å². The van der Waals surface area contributed by atoms with Crippen LogP contribution in [0.5, 0.6) is 0 Å². The van der Waals surface area contributed by atoms with E-state index in [1.165, 1.54) is 23.5 Å².